The van der Waals surface area contributed by atoms with Crippen LogP contribution in [0.2, 0.25) is 0 Å². The summed E-state index contributed by atoms with van der Waals surface area (Å²) in [6.45, 7) is 7.68. The predicted octanol–water partition coefficient (Wildman–Crippen LogP) is 1.96. The molecule has 98 valence electrons. The number of aryl methyl sites for hydroxylation is 1. The average molecular weight is 247 g/mol. The summed E-state index contributed by atoms with van der Waals surface area (Å²) in [5.74, 6) is 0.397. The number of hydrogen-bond donors (Lipinski definition) is 2. The number of nitrogens with one attached hydrogen (secondary N) is 2. The van der Waals surface area contributed by atoms with Crippen LogP contribution in [0.25, 0.3) is 0 Å². The summed E-state index contributed by atoms with van der Waals surface area (Å²) in [5.41, 5.74) is 2.40. The van der Waals surface area contributed by atoms with Gasteiger partial charge in [-0.1, -0.05) is 13.8 Å². The highest BCUT2D eigenvalue weighted by molar-refractivity contribution is 5.82. The second-order valence-corrected chi connectivity index (χ2v) is 5.65. The zero-order valence-electron chi connectivity index (χ0n) is 11.3. The van der Waals surface area contributed by atoms with Crippen molar-refractivity contribution in [2.75, 3.05) is 18.4 Å². The van der Waals surface area contributed by atoms with Crippen LogP contribution in [0.4, 0.5) is 5.69 Å². The van der Waals surface area contributed by atoms with Crippen molar-refractivity contribution in [2.24, 2.45) is 11.3 Å². The summed E-state index contributed by atoms with van der Waals surface area (Å²) in [7, 11) is 0. The van der Waals surface area contributed by atoms with Gasteiger partial charge in [0, 0.05) is 37.1 Å². The van der Waals surface area contributed by atoms with E-state index in [1.165, 1.54) is 0 Å². The predicted molar refractivity (Wildman–Crippen MR) is 72.4 cm³/mol. The lowest BCUT2D eigenvalue weighted by Crippen LogP contribution is -2.31. The van der Waals surface area contributed by atoms with E-state index >= 15 is 0 Å². The normalized spacial score (nSPS) is 20.3. The number of anilines is 1. The molecule has 0 aromatic carbocycles. The minimum absolute atomic E-state index is 0.188. The third kappa shape index (κ3) is 3.00. The Bertz CT molecular complexity index is 442. The Labute approximate surface area is 108 Å². The lowest BCUT2D eigenvalue weighted by molar-refractivity contribution is -0.122. The standard InChI is InChI=1S/C14H21N3O/c1-10-9-15-5-4-12(10)16-6-7-17-13(18)11-8-14(11,2)3/h4-5,9,11H,6-8H2,1-3H3,(H,15,16)(H,17,18)/t11-/m0/s1. The summed E-state index contributed by atoms with van der Waals surface area (Å²) in [5, 5.41) is 6.27. The first-order valence-corrected chi connectivity index (χ1v) is 6.43. The molecule has 4 heteroatoms. The van der Waals surface area contributed by atoms with E-state index in [1.807, 2.05) is 19.2 Å². The smallest absolute Gasteiger partial charge is 0.223 e. The van der Waals surface area contributed by atoms with Gasteiger partial charge in [0.25, 0.3) is 0 Å². The highest BCUT2D eigenvalue weighted by Crippen LogP contribution is 2.51. The summed E-state index contributed by atoms with van der Waals surface area (Å²) in [4.78, 5) is 15.8. The third-order valence-corrected chi connectivity index (χ3v) is 3.59. The molecule has 1 fully saturated rings. The second kappa shape index (κ2) is 4.96. The third-order valence-electron chi connectivity index (χ3n) is 3.59. The largest absolute Gasteiger partial charge is 0.383 e. The SMILES string of the molecule is Cc1cnccc1NCCNC(=O)[C@@H]1CC1(C)C. The minimum Gasteiger partial charge on any atom is -0.383 e. The monoisotopic (exact) mass is 247 g/mol. The molecule has 0 saturated heterocycles. The number of carbonyl (C=O) groups is 1. The Kier molecular flexibility index (Phi) is 3.55. The van der Waals surface area contributed by atoms with Crippen LogP contribution >= 0.6 is 0 Å². The van der Waals surface area contributed by atoms with E-state index in [0.29, 0.717) is 6.54 Å². The van der Waals surface area contributed by atoms with Crippen molar-refractivity contribution in [3.63, 3.8) is 0 Å². The molecule has 1 saturated carbocycles. The Morgan fingerprint density at radius 2 is 2.22 bits per heavy atom. The van der Waals surface area contributed by atoms with Crippen molar-refractivity contribution < 1.29 is 4.79 Å². The Hall–Kier alpha value is -1.58. The molecule has 1 aliphatic carbocycles. The molecule has 0 spiro atoms. The van der Waals surface area contributed by atoms with Crippen LogP contribution in [0.1, 0.15) is 25.8 Å². The van der Waals surface area contributed by atoms with Crippen molar-refractivity contribution in [1.82, 2.24) is 10.3 Å². The first kappa shape index (κ1) is 12.9. The van der Waals surface area contributed by atoms with Crippen molar-refractivity contribution >= 4 is 11.6 Å². The van der Waals surface area contributed by atoms with E-state index in [1.54, 1.807) is 6.20 Å². The van der Waals surface area contributed by atoms with Gasteiger partial charge >= 0.3 is 0 Å². The van der Waals surface area contributed by atoms with Crippen LogP contribution in [0.5, 0.6) is 0 Å². The fraction of sp³-hybridized carbons (Fsp3) is 0.571. The van der Waals surface area contributed by atoms with Crippen molar-refractivity contribution in [1.29, 1.82) is 0 Å². The molecule has 1 aliphatic rings. The van der Waals surface area contributed by atoms with Crippen LogP contribution in [0.15, 0.2) is 18.5 Å². The maximum absolute atomic E-state index is 11.8. The van der Waals surface area contributed by atoms with Crippen LogP contribution in [-0.2, 0) is 4.79 Å². The number of pyridine rings is 1. The highest BCUT2D eigenvalue weighted by Gasteiger charge is 2.50. The van der Waals surface area contributed by atoms with Crippen LogP contribution in [0.3, 0.4) is 0 Å². The molecular formula is C14H21N3O. The van der Waals surface area contributed by atoms with E-state index in [-0.39, 0.29) is 17.2 Å². The zero-order chi connectivity index (χ0) is 13.2. The van der Waals surface area contributed by atoms with Gasteiger partial charge in [0.15, 0.2) is 0 Å². The van der Waals surface area contributed by atoms with E-state index in [4.69, 9.17) is 0 Å². The molecule has 4 nitrogen and oxygen atoms in total. The Balaban J connectivity index is 1.68. The van der Waals surface area contributed by atoms with Crippen LogP contribution < -0.4 is 10.6 Å². The lowest BCUT2D eigenvalue weighted by Gasteiger charge is -2.10. The second-order valence-electron chi connectivity index (χ2n) is 5.65. The molecule has 1 amide bonds. The van der Waals surface area contributed by atoms with E-state index in [0.717, 1.165) is 24.2 Å². The van der Waals surface area contributed by atoms with Gasteiger partial charge in [-0.3, -0.25) is 9.78 Å². The number of aromatic nitrogens is 1. The minimum atomic E-state index is 0.188. The molecule has 18 heavy (non-hydrogen) atoms. The van der Waals surface area contributed by atoms with E-state index < -0.39 is 0 Å². The van der Waals surface area contributed by atoms with Gasteiger partial charge in [-0.05, 0) is 30.4 Å². The summed E-state index contributed by atoms with van der Waals surface area (Å²) < 4.78 is 0. The molecule has 1 aromatic rings. The van der Waals surface area contributed by atoms with E-state index in [2.05, 4.69) is 29.5 Å². The summed E-state index contributed by atoms with van der Waals surface area (Å²) >= 11 is 0. The fourth-order valence-electron chi connectivity index (χ4n) is 2.09. The fourth-order valence-corrected chi connectivity index (χ4v) is 2.09. The molecule has 0 radical (unpaired) electrons. The van der Waals surface area contributed by atoms with Crippen molar-refractivity contribution in [3.8, 4) is 0 Å². The summed E-state index contributed by atoms with van der Waals surface area (Å²) in [6, 6.07) is 1.95. The zero-order valence-corrected chi connectivity index (χ0v) is 11.3. The average Bonchev–Trinajstić information content (AvgIpc) is 2.96. The quantitative estimate of drug-likeness (QED) is 0.782. The molecule has 1 aromatic heterocycles. The van der Waals surface area contributed by atoms with Gasteiger partial charge in [0.1, 0.15) is 0 Å². The lowest BCUT2D eigenvalue weighted by atomic mass is 10.1. The van der Waals surface area contributed by atoms with Gasteiger partial charge in [-0.25, -0.2) is 0 Å². The maximum Gasteiger partial charge on any atom is 0.223 e. The maximum atomic E-state index is 11.8. The highest BCUT2D eigenvalue weighted by atomic mass is 16.2. The molecule has 0 aliphatic heterocycles. The molecule has 0 bridgehead atoms. The molecule has 1 atom stereocenters. The van der Waals surface area contributed by atoms with E-state index in [9.17, 15) is 4.79 Å². The van der Waals surface area contributed by atoms with Crippen molar-refractivity contribution in [2.45, 2.75) is 27.2 Å². The number of amides is 1. The Morgan fingerprint density at radius 3 is 2.83 bits per heavy atom. The van der Waals surface area contributed by atoms with Gasteiger partial charge in [0.05, 0.1) is 0 Å². The first-order chi connectivity index (χ1) is 8.50. The number of carbonyl (C=O) groups excluding carboxylic acids is 1. The Morgan fingerprint density at radius 1 is 1.50 bits per heavy atom. The topological polar surface area (TPSA) is 54.0 Å². The molecule has 1 heterocycles. The van der Waals surface area contributed by atoms with Gasteiger partial charge in [-0.15, -0.1) is 0 Å². The summed E-state index contributed by atoms with van der Waals surface area (Å²) in [6.07, 6.45) is 4.60. The van der Waals surface area contributed by atoms with Gasteiger partial charge in [0.2, 0.25) is 5.91 Å². The van der Waals surface area contributed by atoms with Crippen LogP contribution in [0, 0.1) is 18.3 Å². The number of rotatable bonds is 5. The molecular weight excluding hydrogens is 226 g/mol. The van der Waals surface area contributed by atoms with Gasteiger partial charge < -0.3 is 10.6 Å². The molecule has 2 rings (SSSR count). The number of hydrogen-bond acceptors (Lipinski definition) is 3. The van der Waals surface area contributed by atoms with Gasteiger partial charge in [-0.2, -0.15) is 0 Å². The molecule has 0 unspecified atom stereocenters. The molecule has 2 N–H and O–H groups in total. The van der Waals surface area contributed by atoms with Crippen LogP contribution in [-0.4, -0.2) is 24.0 Å². The van der Waals surface area contributed by atoms with Crippen molar-refractivity contribution in [3.05, 3.63) is 24.0 Å². The first-order valence-electron chi connectivity index (χ1n) is 6.43. The number of nitrogens with zero attached hydrogens (tertiary/aromatic N) is 1.